The lowest BCUT2D eigenvalue weighted by Gasteiger charge is -2.32. The van der Waals surface area contributed by atoms with Gasteiger partial charge in [0.15, 0.2) is 0 Å². The number of nitrogens with zero attached hydrogens (tertiary/aromatic N) is 4. The van der Waals surface area contributed by atoms with Gasteiger partial charge in [-0.15, -0.1) is 0 Å². The summed E-state index contributed by atoms with van der Waals surface area (Å²) >= 11 is 0. The van der Waals surface area contributed by atoms with E-state index in [0.29, 0.717) is 19.0 Å². The summed E-state index contributed by atoms with van der Waals surface area (Å²) in [4.78, 5) is 4.54. The Morgan fingerprint density at radius 2 is 1.83 bits per heavy atom. The highest BCUT2D eigenvalue weighted by Gasteiger charge is 2.31. The predicted molar refractivity (Wildman–Crippen MR) is 93.9 cm³/mol. The summed E-state index contributed by atoms with van der Waals surface area (Å²) in [5.41, 5.74) is 1.24. The Morgan fingerprint density at radius 3 is 2.46 bits per heavy atom. The van der Waals surface area contributed by atoms with Crippen molar-refractivity contribution in [1.29, 1.82) is 0 Å². The summed E-state index contributed by atoms with van der Waals surface area (Å²) in [5.74, 6) is 1.36. The fourth-order valence-electron chi connectivity index (χ4n) is 3.17. The van der Waals surface area contributed by atoms with Crippen molar-refractivity contribution in [1.82, 2.24) is 18.2 Å². The van der Waals surface area contributed by atoms with Gasteiger partial charge >= 0.3 is 0 Å². The highest BCUT2D eigenvalue weighted by atomic mass is 32.2. The second-order valence-corrected chi connectivity index (χ2v) is 8.50. The van der Waals surface area contributed by atoms with E-state index in [9.17, 15) is 8.42 Å². The van der Waals surface area contributed by atoms with Crippen LogP contribution in [0, 0.1) is 0 Å². The molecule has 0 radical (unpaired) electrons. The lowest BCUT2D eigenvalue weighted by Crippen LogP contribution is -2.44. The van der Waals surface area contributed by atoms with Crippen LogP contribution in [0.25, 0.3) is 0 Å². The van der Waals surface area contributed by atoms with Crippen molar-refractivity contribution in [2.24, 2.45) is 0 Å². The van der Waals surface area contributed by atoms with Crippen molar-refractivity contribution >= 4 is 10.2 Å². The molecule has 24 heavy (non-hydrogen) atoms. The van der Waals surface area contributed by atoms with Gasteiger partial charge in [-0.1, -0.05) is 30.3 Å². The molecule has 0 amide bonds. The van der Waals surface area contributed by atoms with Crippen LogP contribution >= 0.6 is 0 Å². The largest absolute Gasteiger partial charge is 0.330 e. The number of aromatic nitrogens is 2. The third-order valence-corrected chi connectivity index (χ3v) is 6.49. The first kappa shape index (κ1) is 17.1. The SMILES string of the molecule is CN(C)S(=O)(=O)N1CCC(c2nccn2Cc2ccccc2)CC1. The molecule has 0 N–H and O–H groups in total. The minimum atomic E-state index is -3.31. The van der Waals surface area contributed by atoms with E-state index >= 15 is 0 Å². The summed E-state index contributed by atoms with van der Waals surface area (Å²) in [7, 11) is -0.157. The molecule has 0 bridgehead atoms. The first-order valence-electron chi connectivity index (χ1n) is 8.21. The summed E-state index contributed by atoms with van der Waals surface area (Å²) in [6.45, 7) is 1.89. The molecule has 1 aromatic carbocycles. The summed E-state index contributed by atoms with van der Waals surface area (Å²) < 4.78 is 29.5. The summed E-state index contributed by atoms with van der Waals surface area (Å²) in [6.07, 6.45) is 5.45. The average molecular weight is 348 g/mol. The van der Waals surface area contributed by atoms with Gasteiger partial charge in [0.25, 0.3) is 10.2 Å². The molecular formula is C17H24N4O2S. The molecule has 1 saturated heterocycles. The predicted octanol–water partition coefficient (Wildman–Crippen LogP) is 1.92. The van der Waals surface area contributed by atoms with E-state index in [0.717, 1.165) is 25.2 Å². The Bertz CT molecular complexity index is 763. The van der Waals surface area contributed by atoms with Gasteiger partial charge in [0.05, 0.1) is 0 Å². The number of piperidine rings is 1. The van der Waals surface area contributed by atoms with Crippen LogP contribution in [0.5, 0.6) is 0 Å². The molecule has 6 nitrogen and oxygen atoms in total. The molecule has 2 heterocycles. The number of hydrogen-bond acceptors (Lipinski definition) is 3. The smallest absolute Gasteiger partial charge is 0.281 e. The van der Waals surface area contributed by atoms with Crippen LogP contribution in [-0.4, -0.2) is 53.8 Å². The Labute approximate surface area is 143 Å². The van der Waals surface area contributed by atoms with Gasteiger partial charge in [0.2, 0.25) is 0 Å². The monoisotopic (exact) mass is 348 g/mol. The van der Waals surface area contributed by atoms with Crippen molar-refractivity contribution in [2.45, 2.75) is 25.3 Å². The molecular weight excluding hydrogens is 324 g/mol. The third kappa shape index (κ3) is 3.53. The number of hydrogen-bond donors (Lipinski definition) is 0. The van der Waals surface area contributed by atoms with Crippen LogP contribution in [0.15, 0.2) is 42.7 Å². The molecule has 1 aliphatic rings. The minimum Gasteiger partial charge on any atom is -0.330 e. The van der Waals surface area contributed by atoms with E-state index in [1.165, 1.54) is 9.87 Å². The van der Waals surface area contributed by atoms with E-state index < -0.39 is 10.2 Å². The van der Waals surface area contributed by atoms with E-state index in [1.807, 2.05) is 30.6 Å². The van der Waals surface area contributed by atoms with Crippen LogP contribution < -0.4 is 0 Å². The molecule has 1 aromatic heterocycles. The molecule has 0 spiro atoms. The lowest BCUT2D eigenvalue weighted by atomic mass is 9.97. The maximum atomic E-state index is 12.2. The Morgan fingerprint density at radius 1 is 1.17 bits per heavy atom. The van der Waals surface area contributed by atoms with Crippen molar-refractivity contribution in [2.75, 3.05) is 27.2 Å². The van der Waals surface area contributed by atoms with Crippen molar-refractivity contribution in [3.05, 3.63) is 54.1 Å². The summed E-state index contributed by atoms with van der Waals surface area (Å²) in [6, 6.07) is 10.3. The topological polar surface area (TPSA) is 58.4 Å². The molecule has 0 atom stereocenters. The van der Waals surface area contributed by atoms with Crippen LogP contribution in [0.3, 0.4) is 0 Å². The molecule has 1 aliphatic heterocycles. The number of imidazole rings is 1. The molecule has 0 aliphatic carbocycles. The van der Waals surface area contributed by atoms with Gasteiger partial charge < -0.3 is 4.57 Å². The second kappa shape index (κ2) is 7.04. The van der Waals surface area contributed by atoms with Gasteiger partial charge in [-0.05, 0) is 18.4 Å². The third-order valence-electron chi connectivity index (χ3n) is 4.55. The van der Waals surface area contributed by atoms with Crippen LogP contribution in [0.4, 0.5) is 0 Å². The van der Waals surface area contributed by atoms with Crippen molar-refractivity contribution in [3.8, 4) is 0 Å². The fraction of sp³-hybridized carbons (Fsp3) is 0.471. The molecule has 0 unspecified atom stereocenters. The maximum absolute atomic E-state index is 12.2. The Kier molecular flexibility index (Phi) is 5.03. The standard InChI is InChI=1S/C17H24N4O2S/c1-19(2)24(22,23)21-11-8-16(9-12-21)17-18-10-13-20(17)14-15-6-4-3-5-7-15/h3-7,10,13,16H,8-9,11-12,14H2,1-2H3. The van der Waals surface area contributed by atoms with Gasteiger partial charge in [-0.25, -0.2) is 4.98 Å². The normalized spacial score (nSPS) is 17.5. The first-order chi connectivity index (χ1) is 11.5. The highest BCUT2D eigenvalue weighted by Crippen LogP contribution is 2.28. The first-order valence-corrected chi connectivity index (χ1v) is 9.60. The van der Waals surface area contributed by atoms with Crippen LogP contribution in [-0.2, 0) is 16.8 Å². The quantitative estimate of drug-likeness (QED) is 0.829. The zero-order chi connectivity index (χ0) is 17.2. The minimum absolute atomic E-state index is 0.303. The highest BCUT2D eigenvalue weighted by molar-refractivity contribution is 7.86. The lowest BCUT2D eigenvalue weighted by molar-refractivity contribution is 0.294. The maximum Gasteiger partial charge on any atom is 0.281 e. The second-order valence-electron chi connectivity index (χ2n) is 6.36. The van der Waals surface area contributed by atoms with E-state index in [-0.39, 0.29) is 0 Å². The Hall–Kier alpha value is -1.70. The van der Waals surface area contributed by atoms with E-state index in [4.69, 9.17) is 0 Å². The molecule has 3 rings (SSSR count). The van der Waals surface area contributed by atoms with E-state index in [2.05, 4.69) is 21.7 Å². The zero-order valence-electron chi connectivity index (χ0n) is 14.2. The van der Waals surface area contributed by atoms with Gasteiger partial charge in [-0.2, -0.15) is 17.0 Å². The van der Waals surface area contributed by atoms with Crippen LogP contribution in [0.2, 0.25) is 0 Å². The summed E-state index contributed by atoms with van der Waals surface area (Å²) in [5, 5.41) is 0. The van der Waals surface area contributed by atoms with Crippen molar-refractivity contribution < 1.29 is 8.42 Å². The number of rotatable bonds is 5. The van der Waals surface area contributed by atoms with Gasteiger partial charge in [-0.3, -0.25) is 0 Å². The van der Waals surface area contributed by atoms with Gasteiger partial charge in [0.1, 0.15) is 5.82 Å². The van der Waals surface area contributed by atoms with Crippen molar-refractivity contribution in [3.63, 3.8) is 0 Å². The molecule has 130 valence electrons. The molecule has 0 saturated carbocycles. The zero-order valence-corrected chi connectivity index (χ0v) is 15.0. The van der Waals surface area contributed by atoms with Gasteiger partial charge in [0, 0.05) is 52.0 Å². The molecule has 7 heteroatoms. The number of benzene rings is 1. The fourth-order valence-corrected chi connectivity index (χ4v) is 4.30. The van der Waals surface area contributed by atoms with E-state index in [1.54, 1.807) is 18.4 Å². The Balaban J connectivity index is 1.69. The average Bonchev–Trinajstić information content (AvgIpc) is 3.04. The molecule has 2 aromatic rings. The molecule has 1 fully saturated rings. The van der Waals surface area contributed by atoms with Crippen LogP contribution in [0.1, 0.15) is 30.1 Å².